The first-order valence-electron chi connectivity index (χ1n) is 8.13. The molecule has 0 fully saturated rings. The minimum atomic E-state index is -4.61. The van der Waals surface area contributed by atoms with Gasteiger partial charge in [-0.1, -0.05) is 69.4 Å². The van der Waals surface area contributed by atoms with Crippen LogP contribution < -0.4 is 29.6 Å². The topological polar surface area (TPSA) is 66.4 Å². The van der Waals surface area contributed by atoms with Gasteiger partial charge in [0.2, 0.25) is 0 Å². The Morgan fingerprint density at radius 3 is 2.09 bits per heavy atom. The molecule has 0 N–H and O–H groups in total. The van der Waals surface area contributed by atoms with E-state index in [4.69, 9.17) is 4.74 Å². The Morgan fingerprint density at radius 2 is 1.57 bits per heavy atom. The molecule has 0 aliphatic rings. The average Bonchev–Trinajstić information content (AvgIpc) is 2.49. The van der Waals surface area contributed by atoms with Crippen molar-refractivity contribution >= 4 is 10.1 Å². The molecule has 0 saturated carbocycles. The molecule has 0 radical (unpaired) electrons. The Balaban J connectivity index is 0.00000484. The van der Waals surface area contributed by atoms with Crippen LogP contribution >= 0.6 is 0 Å². The maximum atomic E-state index is 11.9. The summed E-state index contributed by atoms with van der Waals surface area (Å²) in [6.45, 7) is 4.05. The van der Waals surface area contributed by atoms with E-state index in [0.717, 1.165) is 19.3 Å². The van der Waals surface area contributed by atoms with E-state index in [2.05, 4.69) is 6.92 Å². The largest absolute Gasteiger partial charge is 1.00 e. The SMILES string of the molecule is CCCCCCCCC(OCC)(c1ccccc1)S(=O)(=O)[O-].[Na+]. The van der Waals surface area contributed by atoms with Gasteiger partial charge in [-0.3, -0.25) is 0 Å². The molecule has 0 aromatic heterocycles. The second-order valence-corrected chi connectivity index (χ2v) is 7.09. The van der Waals surface area contributed by atoms with Gasteiger partial charge < -0.3 is 9.29 Å². The molecule has 1 rings (SSSR count). The molecule has 0 amide bonds. The molecule has 126 valence electrons. The fourth-order valence-corrected chi connectivity index (χ4v) is 3.79. The van der Waals surface area contributed by atoms with Crippen LogP contribution in [-0.4, -0.2) is 19.6 Å². The molecule has 23 heavy (non-hydrogen) atoms. The van der Waals surface area contributed by atoms with Gasteiger partial charge in [0.25, 0.3) is 0 Å². The van der Waals surface area contributed by atoms with Crippen LogP contribution in [0.2, 0.25) is 0 Å². The summed E-state index contributed by atoms with van der Waals surface area (Å²) in [6, 6.07) is 8.57. The normalized spacial score (nSPS) is 14.0. The molecule has 4 nitrogen and oxygen atoms in total. The predicted octanol–water partition coefficient (Wildman–Crippen LogP) is 1.18. The molecule has 6 heteroatoms. The van der Waals surface area contributed by atoms with Gasteiger partial charge in [0.1, 0.15) is 10.1 Å². The Morgan fingerprint density at radius 1 is 1.00 bits per heavy atom. The van der Waals surface area contributed by atoms with E-state index in [1.54, 1.807) is 37.3 Å². The van der Waals surface area contributed by atoms with E-state index < -0.39 is 15.1 Å². The van der Waals surface area contributed by atoms with Crippen molar-refractivity contribution in [3.8, 4) is 0 Å². The van der Waals surface area contributed by atoms with Crippen molar-refractivity contribution in [1.29, 1.82) is 0 Å². The van der Waals surface area contributed by atoms with Gasteiger partial charge >= 0.3 is 29.6 Å². The second kappa shape index (κ2) is 11.6. The zero-order valence-corrected chi connectivity index (χ0v) is 17.4. The van der Waals surface area contributed by atoms with Crippen LogP contribution in [0.5, 0.6) is 0 Å². The molecule has 1 atom stereocenters. The molecule has 0 spiro atoms. The zero-order valence-electron chi connectivity index (χ0n) is 14.6. The fraction of sp³-hybridized carbons (Fsp3) is 0.647. The summed E-state index contributed by atoms with van der Waals surface area (Å²) < 4.78 is 41.3. The molecule has 0 aliphatic heterocycles. The second-order valence-electron chi connectivity index (χ2n) is 5.52. The number of benzene rings is 1. The summed E-state index contributed by atoms with van der Waals surface area (Å²) in [5, 5.41) is 0. The number of ether oxygens (including phenoxy) is 1. The van der Waals surface area contributed by atoms with Crippen LogP contribution in [0.4, 0.5) is 0 Å². The molecule has 0 saturated heterocycles. The van der Waals surface area contributed by atoms with Gasteiger partial charge in [0, 0.05) is 6.61 Å². The molecule has 1 unspecified atom stereocenters. The summed E-state index contributed by atoms with van der Waals surface area (Å²) in [4.78, 5) is -1.76. The third kappa shape index (κ3) is 6.85. The quantitative estimate of drug-likeness (QED) is 0.341. The van der Waals surface area contributed by atoms with E-state index >= 15 is 0 Å². The average molecular weight is 350 g/mol. The van der Waals surface area contributed by atoms with Crippen molar-refractivity contribution in [3.05, 3.63) is 35.9 Å². The monoisotopic (exact) mass is 350 g/mol. The van der Waals surface area contributed by atoms with Crippen LogP contribution in [0.15, 0.2) is 30.3 Å². The summed E-state index contributed by atoms with van der Waals surface area (Å²) in [7, 11) is -4.61. The van der Waals surface area contributed by atoms with E-state index in [1.165, 1.54) is 12.8 Å². The van der Waals surface area contributed by atoms with Crippen molar-refractivity contribution in [2.75, 3.05) is 6.61 Å². The van der Waals surface area contributed by atoms with E-state index in [-0.39, 0.29) is 42.6 Å². The fourth-order valence-electron chi connectivity index (χ4n) is 2.70. The molecule has 0 bridgehead atoms. The van der Waals surface area contributed by atoms with Gasteiger partial charge in [-0.15, -0.1) is 0 Å². The van der Waals surface area contributed by atoms with Crippen LogP contribution in [0.1, 0.15) is 64.4 Å². The zero-order chi connectivity index (χ0) is 16.5. The Hall–Kier alpha value is 0.0900. The molecule has 1 aromatic carbocycles. The van der Waals surface area contributed by atoms with Crippen molar-refractivity contribution in [1.82, 2.24) is 0 Å². The number of hydrogen-bond donors (Lipinski definition) is 0. The van der Waals surface area contributed by atoms with Gasteiger partial charge in [-0.25, -0.2) is 8.42 Å². The third-order valence-corrected chi connectivity index (χ3v) is 5.22. The van der Waals surface area contributed by atoms with Gasteiger partial charge in [-0.2, -0.15) is 0 Å². The smallest absolute Gasteiger partial charge is 0.745 e. The van der Waals surface area contributed by atoms with Crippen molar-refractivity contribution < 1.29 is 47.3 Å². The van der Waals surface area contributed by atoms with E-state index in [0.29, 0.717) is 12.0 Å². The maximum absolute atomic E-state index is 11.9. The Kier molecular flexibility index (Phi) is 11.7. The molecule has 1 aromatic rings. The first-order valence-corrected chi connectivity index (χ1v) is 9.53. The molecular weight excluding hydrogens is 323 g/mol. The first-order chi connectivity index (χ1) is 10.5. The van der Waals surface area contributed by atoms with Crippen LogP contribution in [-0.2, 0) is 19.8 Å². The standard InChI is InChI=1S/C17H28O4S.Na/c1-3-5-6-7-8-12-15-17(21-4-2,22(18,19)20)16-13-10-9-11-14-16;/h9-11,13-14H,3-8,12,15H2,1-2H3,(H,18,19,20);/q;+1/p-1. The van der Waals surface area contributed by atoms with Crippen LogP contribution in [0, 0.1) is 0 Å². The van der Waals surface area contributed by atoms with Crippen molar-refractivity contribution in [2.24, 2.45) is 0 Å². The summed E-state index contributed by atoms with van der Waals surface area (Å²) >= 11 is 0. The van der Waals surface area contributed by atoms with Gasteiger partial charge in [0.15, 0.2) is 4.93 Å². The van der Waals surface area contributed by atoms with Crippen LogP contribution in [0.25, 0.3) is 0 Å². The third-order valence-electron chi connectivity index (χ3n) is 3.85. The summed E-state index contributed by atoms with van der Waals surface area (Å²) in [5.41, 5.74) is 0.431. The van der Waals surface area contributed by atoms with Gasteiger partial charge in [0.05, 0.1) is 0 Å². The minimum absolute atomic E-state index is 0. The van der Waals surface area contributed by atoms with Crippen molar-refractivity contribution in [3.63, 3.8) is 0 Å². The van der Waals surface area contributed by atoms with E-state index in [1.807, 2.05) is 0 Å². The van der Waals surface area contributed by atoms with E-state index in [9.17, 15) is 13.0 Å². The van der Waals surface area contributed by atoms with Crippen LogP contribution in [0.3, 0.4) is 0 Å². The summed E-state index contributed by atoms with van der Waals surface area (Å²) in [6.07, 6.45) is 6.36. The maximum Gasteiger partial charge on any atom is 1.00 e. The number of rotatable bonds is 11. The Labute approximate surface area is 163 Å². The predicted molar refractivity (Wildman–Crippen MR) is 87.4 cm³/mol. The first kappa shape index (κ1) is 23.1. The Bertz CT molecular complexity index is 519. The number of hydrogen-bond acceptors (Lipinski definition) is 4. The molecule has 0 aliphatic carbocycles. The molecule has 0 heterocycles. The minimum Gasteiger partial charge on any atom is -0.745 e. The summed E-state index contributed by atoms with van der Waals surface area (Å²) in [5.74, 6) is 0. The number of unbranched alkanes of at least 4 members (excludes halogenated alkanes) is 5. The van der Waals surface area contributed by atoms with Crippen molar-refractivity contribution in [2.45, 2.75) is 63.7 Å². The molecular formula is C17H27NaO4S. The van der Waals surface area contributed by atoms with Gasteiger partial charge in [-0.05, 0) is 25.3 Å².